The second-order valence-electron chi connectivity index (χ2n) is 4.74. The van der Waals surface area contributed by atoms with Gasteiger partial charge in [0.25, 0.3) is 5.91 Å². The van der Waals surface area contributed by atoms with Gasteiger partial charge in [-0.3, -0.25) is 4.79 Å². The third-order valence-corrected chi connectivity index (χ3v) is 3.67. The minimum atomic E-state index is -0.242. The fourth-order valence-corrected chi connectivity index (χ4v) is 2.25. The summed E-state index contributed by atoms with van der Waals surface area (Å²) < 4.78 is 15.4. The lowest BCUT2D eigenvalue weighted by atomic mass is 10.1. The first kappa shape index (κ1) is 17.0. The summed E-state index contributed by atoms with van der Waals surface area (Å²) in [7, 11) is 4.64. The fourth-order valence-electron chi connectivity index (χ4n) is 2.01. The van der Waals surface area contributed by atoms with Gasteiger partial charge in [0.15, 0.2) is 0 Å². The largest absolute Gasteiger partial charge is 0.497 e. The van der Waals surface area contributed by atoms with Crippen molar-refractivity contribution >= 4 is 17.5 Å². The fraction of sp³-hybridized carbons (Fsp3) is 0.235. The van der Waals surface area contributed by atoms with Crippen molar-refractivity contribution in [1.29, 1.82) is 0 Å². The Morgan fingerprint density at radius 3 is 2.09 bits per heavy atom. The highest BCUT2D eigenvalue weighted by Gasteiger charge is 2.11. The van der Waals surface area contributed by atoms with Gasteiger partial charge < -0.3 is 19.5 Å². The van der Waals surface area contributed by atoms with Crippen LogP contribution in [0.15, 0.2) is 36.4 Å². The molecule has 0 atom stereocenters. The first-order valence-electron chi connectivity index (χ1n) is 6.91. The summed E-state index contributed by atoms with van der Waals surface area (Å²) in [5.74, 6) is 1.53. The van der Waals surface area contributed by atoms with Crippen LogP contribution in [-0.2, 0) is 6.54 Å². The number of halogens is 1. The summed E-state index contributed by atoms with van der Waals surface area (Å²) in [5.41, 5.74) is 1.25. The van der Waals surface area contributed by atoms with Crippen LogP contribution in [0.25, 0.3) is 0 Å². The molecule has 6 heteroatoms. The maximum atomic E-state index is 12.3. The van der Waals surface area contributed by atoms with Crippen molar-refractivity contribution in [2.75, 3.05) is 21.3 Å². The molecule has 1 N–H and O–H groups in total. The van der Waals surface area contributed by atoms with Crippen LogP contribution in [0.5, 0.6) is 17.2 Å². The van der Waals surface area contributed by atoms with Gasteiger partial charge in [-0.2, -0.15) is 0 Å². The molecule has 2 aromatic rings. The predicted octanol–water partition coefficient (Wildman–Crippen LogP) is 3.30. The van der Waals surface area contributed by atoms with Gasteiger partial charge in [-0.1, -0.05) is 17.7 Å². The van der Waals surface area contributed by atoms with Crippen LogP contribution < -0.4 is 19.5 Å². The van der Waals surface area contributed by atoms with E-state index in [1.807, 2.05) is 6.07 Å². The second kappa shape index (κ2) is 7.74. The van der Waals surface area contributed by atoms with Crippen molar-refractivity contribution < 1.29 is 19.0 Å². The maximum absolute atomic E-state index is 12.3. The molecule has 23 heavy (non-hydrogen) atoms. The molecule has 2 aromatic carbocycles. The number of rotatable bonds is 6. The first-order valence-corrected chi connectivity index (χ1v) is 7.29. The normalized spacial score (nSPS) is 10.1. The molecular formula is C17H18ClNO4. The lowest BCUT2D eigenvalue weighted by molar-refractivity contribution is 0.0950. The number of hydrogen-bond donors (Lipinski definition) is 1. The van der Waals surface area contributed by atoms with Crippen molar-refractivity contribution in [3.63, 3.8) is 0 Å². The Labute approximate surface area is 140 Å². The Hall–Kier alpha value is -2.40. The molecule has 0 aliphatic rings. The molecule has 0 saturated carbocycles. The van der Waals surface area contributed by atoms with Crippen LogP contribution in [0.2, 0.25) is 5.02 Å². The molecule has 5 nitrogen and oxygen atoms in total. The van der Waals surface area contributed by atoms with E-state index in [-0.39, 0.29) is 5.91 Å². The molecule has 0 aliphatic heterocycles. The Kier molecular flexibility index (Phi) is 5.71. The van der Waals surface area contributed by atoms with Crippen LogP contribution in [-0.4, -0.2) is 27.2 Å². The average molecular weight is 336 g/mol. The van der Waals surface area contributed by atoms with Crippen LogP contribution in [0.3, 0.4) is 0 Å². The maximum Gasteiger partial charge on any atom is 0.251 e. The highest BCUT2D eigenvalue weighted by molar-refractivity contribution is 6.31. The topological polar surface area (TPSA) is 56.8 Å². The standard InChI is InChI=1S/C17H18ClNO4/c1-21-13-5-4-11(16(18)9-13)10-19-17(20)12-6-14(22-2)8-15(7-12)23-3/h4-9H,10H2,1-3H3,(H,19,20). The number of benzene rings is 2. The summed E-state index contributed by atoms with van der Waals surface area (Å²) in [6.07, 6.45) is 0. The molecule has 1 amide bonds. The minimum Gasteiger partial charge on any atom is -0.497 e. The van der Waals surface area contributed by atoms with Gasteiger partial charge in [0.1, 0.15) is 17.2 Å². The predicted molar refractivity (Wildman–Crippen MR) is 88.7 cm³/mol. The molecule has 0 radical (unpaired) electrons. The van der Waals surface area contributed by atoms with Gasteiger partial charge in [-0.15, -0.1) is 0 Å². The summed E-state index contributed by atoms with van der Waals surface area (Å²) >= 11 is 6.16. The van der Waals surface area contributed by atoms with E-state index in [0.29, 0.717) is 34.4 Å². The monoisotopic (exact) mass is 335 g/mol. The van der Waals surface area contributed by atoms with Gasteiger partial charge in [-0.25, -0.2) is 0 Å². The summed E-state index contributed by atoms with van der Waals surface area (Å²) in [5, 5.41) is 3.36. The van der Waals surface area contributed by atoms with E-state index >= 15 is 0 Å². The molecule has 0 aliphatic carbocycles. The van der Waals surface area contributed by atoms with Crippen LogP contribution in [0.1, 0.15) is 15.9 Å². The van der Waals surface area contributed by atoms with Crippen LogP contribution in [0, 0.1) is 0 Å². The molecule has 0 heterocycles. The highest BCUT2D eigenvalue weighted by atomic mass is 35.5. The third kappa shape index (κ3) is 4.29. The number of methoxy groups -OCH3 is 3. The van der Waals surface area contributed by atoms with E-state index in [4.69, 9.17) is 25.8 Å². The third-order valence-electron chi connectivity index (χ3n) is 3.31. The molecule has 0 spiro atoms. The number of amides is 1. The van der Waals surface area contributed by atoms with Crippen molar-refractivity contribution in [3.05, 3.63) is 52.5 Å². The first-order chi connectivity index (χ1) is 11.1. The quantitative estimate of drug-likeness (QED) is 0.880. The lowest BCUT2D eigenvalue weighted by Gasteiger charge is -2.10. The molecule has 0 bridgehead atoms. The van der Waals surface area contributed by atoms with Gasteiger partial charge in [-0.05, 0) is 29.8 Å². The summed E-state index contributed by atoms with van der Waals surface area (Å²) in [6.45, 7) is 0.307. The highest BCUT2D eigenvalue weighted by Crippen LogP contribution is 2.24. The van der Waals surface area contributed by atoms with Gasteiger partial charge in [0, 0.05) is 23.2 Å². The van der Waals surface area contributed by atoms with Gasteiger partial charge in [0.05, 0.1) is 21.3 Å². The Morgan fingerprint density at radius 2 is 1.57 bits per heavy atom. The molecular weight excluding hydrogens is 318 g/mol. The summed E-state index contributed by atoms with van der Waals surface area (Å²) in [4.78, 5) is 12.3. The summed E-state index contributed by atoms with van der Waals surface area (Å²) in [6, 6.07) is 10.3. The van der Waals surface area contributed by atoms with Gasteiger partial charge >= 0.3 is 0 Å². The van der Waals surface area contributed by atoms with Crippen LogP contribution >= 0.6 is 11.6 Å². The average Bonchev–Trinajstić information content (AvgIpc) is 2.59. The molecule has 0 aromatic heterocycles. The van der Waals surface area contributed by atoms with Crippen molar-refractivity contribution in [3.8, 4) is 17.2 Å². The lowest BCUT2D eigenvalue weighted by Crippen LogP contribution is -2.23. The number of ether oxygens (including phenoxy) is 3. The zero-order valence-corrected chi connectivity index (χ0v) is 13.9. The molecule has 0 saturated heterocycles. The number of carbonyl (C=O) groups is 1. The SMILES string of the molecule is COc1cc(OC)cc(C(=O)NCc2ccc(OC)cc2Cl)c1. The van der Waals surface area contributed by atoms with Crippen molar-refractivity contribution in [2.24, 2.45) is 0 Å². The van der Waals surface area contributed by atoms with Crippen molar-refractivity contribution in [2.45, 2.75) is 6.54 Å². The number of carbonyl (C=O) groups excluding carboxylic acids is 1. The molecule has 0 fully saturated rings. The van der Waals surface area contributed by atoms with Crippen LogP contribution in [0.4, 0.5) is 0 Å². The van der Waals surface area contributed by atoms with E-state index in [0.717, 1.165) is 5.56 Å². The van der Waals surface area contributed by atoms with E-state index in [1.165, 1.54) is 14.2 Å². The Morgan fingerprint density at radius 1 is 0.957 bits per heavy atom. The Balaban J connectivity index is 2.10. The second-order valence-corrected chi connectivity index (χ2v) is 5.15. The smallest absolute Gasteiger partial charge is 0.251 e. The molecule has 2 rings (SSSR count). The number of hydrogen-bond acceptors (Lipinski definition) is 4. The van der Waals surface area contributed by atoms with E-state index in [2.05, 4.69) is 5.32 Å². The molecule has 0 unspecified atom stereocenters. The zero-order valence-electron chi connectivity index (χ0n) is 13.2. The zero-order chi connectivity index (χ0) is 16.8. The van der Waals surface area contributed by atoms with E-state index < -0.39 is 0 Å². The van der Waals surface area contributed by atoms with E-state index in [9.17, 15) is 4.79 Å². The number of nitrogens with one attached hydrogen (secondary N) is 1. The van der Waals surface area contributed by atoms with Crippen molar-refractivity contribution in [1.82, 2.24) is 5.32 Å². The minimum absolute atomic E-state index is 0.242. The Bertz CT molecular complexity index is 681. The van der Waals surface area contributed by atoms with Gasteiger partial charge in [0.2, 0.25) is 0 Å². The molecule has 122 valence electrons. The van der Waals surface area contributed by atoms with E-state index in [1.54, 1.807) is 37.4 Å².